The van der Waals surface area contributed by atoms with E-state index in [0.717, 1.165) is 37.4 Å². The number of carbonyl (C=O) groups excluding carboxylic acids is 1. The Kier molecular flexibility index (Phi) is 5.38. The van der Waals surface area contributed by atoms with E-state index < -0.39 is 0 Å². The summed E-state index contributed by atoms with van der Waals surface area (Å²) in [4.78, 5) is 15.7. The number of hydrogen-bond donors (Lipinski definition) is 1. The molecule has 0 atom stereocenters. The molecule has 1 saturated heterocycles. The maximum Gasteiger partial charge on any atom is 0.236 e. The number of benzene rings is 1. The van der Waals surface area contributed by atoms with Crippen LogP contribution in [0.2, 0.25) is 0 Å². The van der Waals surface area contributed by atoms with Gasteiger partial charge in [-0.3, -0.25) is 9.69 Å². The van der Waals surface area contributed by atoms with Crippen LogP contribution in [0.25, 0.3) is 0 Å². The molecule has 1 heterocycles. The van der Waals surface area contributed by atoms with Gasteiger partial charge in [0.05, 0.1) is 6.54 Å². The highest BCUT2D eigenvalue weighted by molar-refractivity contribution is 5.78. The quantitative estimate of drug-likeness (QED) is 0.860. The monoisotopic (exact) mass is 277 g/mol. The van der Waals surface area contributed by atoms with Gasteiger partial charge in [0.2, 0.25) is 5.91 Å². The lowest BCUT2D eigenvalue weighted by Gasteiger charge is -2.19. The van der Waals surface area contributed by atoms with Crippen molar-refractivity contribution >= 4 is 5.91 Å². The van der Waals surface area contributed by atoms with E-state index >= 15 is 0 Å². The van der Waals surface area contributed by atoms with Crippen molar-refractivity contribution in [2.24, 2.45) is 5.73 Å². The summed E-state index contributed by atoms with van der Waals surface area (Å²) in [6.45, 7) is 4.15. The number of nitrogens with two attached hydrogens (primary N) is 1. The number of hydrogen-bond acceptors (Lipinski definition) is 4. The second-order valence-corrected chi connectivity index (χ2v) is 5.14. The van der Waals surface area contributed by atoms with Crippen LogP contribution in [-0.2, 0) is 11.3 Å². The smallest absolute Gasteiger partial charge is 0.236 e. The van der Waals surface area contributed by atoms with Crippen molar-refractivity contribution in [3.63, 3.8) is 0 Å². The van der Waals surface area contributed by atoms with Gasteiger partial charge in [-0.1, -0.05) is 12.1 Å². The molecule has 1 aliphatic rings. The molecule has 2 N–H and O–H groups in total. The summed E-state index contributed by atoms with van der Waals surface area (Å²) in [5.41, 5.74) is 6.67. The molecule has 1 aromatic carbocycles. The Balaban J connectivity index is 1.78. The maximum atomic E-state index is 11.8. The molecule has 0 saturated carbocycles. The van der Waals surface area contributed by atoms with Gasteiger partial charge in [0.1, 0.15) is 12.4 Å². The van der Waals surface area contributed by atoms with Gasteiger partial charge < -0.3 is 15.4 Å². The van der Waals surface area contributed by atoms with E-state index in [0.29, 0.717) is 19.7 Å². The first kappa shape index (κ1) is 14.8. The minimum atomic E-state index is 0.188. The second-order valence-electron chi connectivity index (χ2n) is 5.14. The van der Waals surface area contributed by atoms with Gasteiger partial charge >= 0.3 is 0 Å². The van der Waals surface area contributed by atoms with Crippen LogP contribution in [0.4, 0.5) is 0 Å². The molecule has 0 aliphatic carbocycles. The molecule has 0 unspecified atom stereocenters. The standard InChI is InChI=1S/C15H23N3O2/c1-17-6-3-7-18(12-15(17)19)8-9-20-14-5-2-4-13(10-14)11-16/h2,4-5,10H,3,6-9,11-12,16H2,1H3. The fourth-order valence-electron chi connectivity index (χ4n) is 2.29. The Morgan fingerprint density at radius 3 is 3.00 bits per heavy atom. The number of rotatable bonds is 5. The van der Waals surface area contributed by atoms with Crippen molar-refractivity contribution in [3.05, 3.63) is 29.8 Å². The van der Waals surface area contributed by atoms with Crippen molar-refractivity contribution in [1.82, 2.24) is 9.80 Å². The molecule has 5 nitrogen and oxygen atoms in total. The number of amides is 1. The molecule has 20 heavy (non-hydrogen) atoms. The number of ether oxygens (including phenoxy) is 1. The van der Waals surface area contributed by atoms with Crippen LogP contribution >= 0.6 is 0 Å². The van der Waals surface area contributed by atoms with Crippen molar-refractivity contribution in [1.29, 1.82) is 0 Å². The first-order valence-corrected chi connectivity index (χ1v) is 7.07. The third kappa shape index (κ3) is 4.21. The molecule has 5 heteroatoms. The van der Waals surface area contributed by atoms with Crippen molar-refractivity contribution in [3.8, 4) is 5.75 Å². The average molecular weight is 277 g/mol. The fraction of sp³-hybridized carbons (Fsp3) is 0.533. The topological polar surface area (TPSA) is 58.8 Å². The molecule has 0 bridgehead atoms. The van der Waals surface area contributed by atoms with E-state index in [2.05, 4.69) is 4.90 Å². The molecular weight excluding hydrogens is 254 g/mol. The lowest BCUT2D eigenvalue weighted by molar-refractivity contribution is -0.129. The number of nitrogens with zero attached hydrogens (tertiary/aromatic N) is 2. The minimum Gasteiger partial charge on any atom is -0.492 e. The van der Waals surface area contributed by atoms with E-state index in [1.165, 1.54) is 0 Å². The molecule has 2 rings (SSSR count). The molecule has 1 fully saturated rings. The summed E-state index contributed by atoms with van der Waals surface area (Å²) in [6.07, 6.45) is 1.02. The molecule has 110 valence electrons. The Hall–Kier alpha value is -1.59. The summed E-state index contributed by atoms with van der Waals surface area (Å²) in [5, 5.41) is 0. The normalized spacial score (nSPS) is 17.1. The average Bonchev–Trinajstić information content (AvgIpc) is 2.61. The zero-order valence-corrected chi connectivity index (χ0v) is 12.0. The minimum absolute atomic E-state index is 0.188. The molecule has 0 spiro atoms. The molecule has 0 aromatic heterocycles. The highest BCUT2D eigenvalue weighted by Crippen LogP contribution is 2.13. The Labute approximate surface area is 120 Å². The van der Waals surface area contributed by atoms with Crippen LogP contribution in [-0.4, -0.2) is 55.5 Å². The summed E-state index contributed by atoms with van der Waals surface area (Å²) in [5.74, 6) is 1.03. The van der Waals surface area contributed by atoms with Gasteiger partial charge in [0, 0.05) is 33.2 Å². The zero-order valence-electron chi connectivity index (χ0n) is 12.0. The van der Waals surface area contributed by atoms with Gasteiger partial charge in [-0.25, -0.2) is 0 Å². The Morgan fingerprint density at radius 1 is 1.35 bits per heavy atom. The predicted octanol–water partition coefficient (Wildman–Crippen LogP) is 0.688. The molecule has 0 radical (unpaired) electrons. The highest BCUT2D eigenvalue weighted by atomic mass is 16.5. The maximum absolute atomic E-state index is 11.8. The van der Waals surface area contributed by atoms with E-state index in [4.69, 9.17) is 10.5 Å². The lowest BCUT2D eigenvalue weighted by Crippen LogP contribution is -2.36. The van der Waals surface area contributed by atoms with Crippen LogP contribution in [0.1, 0.15) is 12.0 Å². The number of carbonyl (C=O) groups is 1. The molecular formula is C15H23N3O2. The van der Waals surface area contributed by atoms with Crippen LogP contribution < -0.4 is 10.5 Å². The van der Waals surface area contributed by atoms with Gasteiger partial charge in [0.25, 0.3) is 0 Å². The van der Waals surface area contributed by atoms with Crippen molar-refractivity contribution in [2.75, 3.05) is 39.8 Å². The highest BCUT2D eigenvalue weighted by Gasteiger charge is 2.18. The predicted molar refractivity (Wildman–Crippen MR) is 78.5 cm³/mol. The first-order chi connectivity index (χ1) is 9.69. The zero-order chi connectivity index (χ0) is 14.4. The van der Waals surface area contributed by atoms with Crippen LogP contribution in [0.3, 0.4) is 0 Å². The van der Waals surface area contributed by atoms with E-state index in [9.17, 15) is 4.79 Å². The first-order valence-electron chi connectivity index (χ1n) is 7.07. The SMILES string of the molecule is CN1CCCN(CCOc2cccc(CN)c2)CC1=O. The van der Waals surface area contributed by atoms with Gasteiger partial charge in [0.15, 0.2) is 0 Å². The second kappa shape index (κ2) is 7.26. The van der Waals surface area contributed by atoms with E-state index in [1.807, 2.05) is 31.3 Å². The van der Waals surface area contributed by atoms with Crippen LogP contribution in [0.5, 0.6) is 5.75 Å². The third-order valence-electron chi connectivity index (χ3n) is 3.56. The van der Waals surface area contributed by atoms with Crippen molar-refractivity contribution in [2.45, 2.75) is 13.0 Å². The van der Waals surface area contributed by atoms with E-state index in [1.54, 1.807) is 4.90 Å². The number of likely N-dealkylation sites (N-methyl/N-ethyl adjacent to an activating group) is 1. The van der Waals surface area contributed by atoms with Crippen molar-refractivity contribution < 1.29 is 9.53 Å². The molecule has 1 aliphatic heterocycles. The summed E-state index contributed by atoms with van der Waals surface area (Å²) in [7, 11) is 1.86. The fourth-order valence-corrected chi connectivity index (χ4v) is 2.29. The van der Waals surface area contributed by atoms with Gasteiger partial charge in [-0.15, -0.1) is 0 Å². The van der Waals surface area contributed by atoms with Crippen LogP contribution in [0, 0.1) is 0 Å². The molecule has 1 aromatic rings. The van der Waals surface area contributed by atoms with Gasteiger partial charge in [-0.05, 0) is 24.1 Å². The van der Waals surface area contributed by atoms with Crippen LogP contribution in [0.15, 0.2) is 24.3 Å². The summed E-state index contributed by atoms with van der Waals surface area (Å²) in [6, 6.07) is 7.82. The third-order valence-corrected chi connectivity index (χ3v) is 3.56. The Morgan fingerprint density at radius 2 is 2.20 bits per heavy atom. The Bertz CT molecular complexity index is 450. The largest absolute Gasteiger partial charge is 0.492 e. The summed E-state index contributed by atoms with van der Waals surface area (Å²) >= 11 is 0. The van der Waals surface area contributed by atoms with Gasteiger partial charge in [-0.2, -0.15) is 0 Å². The lowest BCUT2D eigenvalue weighted by atomic mass is 10.2. The van der Waals surface area contributed by atoms with E-state index in [-0.39, 0.29) is 5.91 Å². The molecule has 1 amide bonds. The summed E-state index contributed by atoms with van der Waals surface area (Å²) < 4.78 is 5.73.